The zero-order valence-electron chi connectivity index (χ0n) is 8.95. The van der Waals surface area contributed by atoms with Crippen molar-refractivity contribution in [2.75, 3.05) is 0 Å². The van der Waals surface area contributed by atoms with Crippen molar-refractivity contribution in [3.8, 4) is 5.88 Å². The molecule has 17 heavy (non-hydrogen) atoms. The molecule has 1 radical (unpaired) electrons. The smallest absolute Gasteiger partial charge is 0.245 e. The van der Waals surface area contributed by atoms with E-state index in [1.165, 1.54) is 12.7 Å². The van der Waals surface area contributed by atoms with Crippen LogP contribution in [0, 0.1) is 0 Å². The highest BCUT2D eigenvalue weighted by atomic mass is 16.5. The van der Waals surface area contributed by atoms with Gasteiger partial charge in [-0.05, 0) is 5.56 Å². The molecule has 83 valence electrons. The van der Waals surface area contributed by atoms with E-state index in [-0.39, 0.29) is 0 Å². The maximum absolute atomic E-state index is 5.61. The summed E-state index contributed by atoms with van der Waals surface area (Å²) in [6, 6.07) is 9.90. The molecule has 0 aliphatic carbocycles. The van der Waals surface area contributed by atoms with Gasteiger partial charge in [-0.1, -0.05) is 30.3 Å². The van der Waals surface area contributed by atoms with Crippen LogP contribution in [-0.2, 0) is 6.61 Å². The summed E-state index contributed by atoms with van der Waals surface area (Å²) in [5, 5.41) is 3.99. The number of hydrogen-bond acceptors (Lipinski definition) is 4. The van der Waals surface area contributed by atoms with Gasteiger partial charge in [0.1, 0.15) is 19.3 Å². The van der Waals surface area contributed by atoms with E-state index in [9.17, 15) is 0 Å². The van der Waals surface area contributed by atoms with Gasteiger partial charge in [0.2, 0.25) is 5.88 Å². The Morgan fingerprint density at radius 3 is 2.82 bits per heavy atom. The van der Waals surface area contributed by atoms with Gasteiger partial charge >= 0.3 is 0 Å². The molecule has 0 bridgehead atoms. The maximum Gasteiger partial charge on any atom is 0.245 e. The Labute approximate surface area is 98.2 Å². The van der Waals surface area contributed by atoms with E-state index in [2.05, 4.69) is 20.3 Å². The second-order valence-electron chi connectivity index (χ2n) is 3.50. The summed E-state index contributed by atoms with van der Waals surface area (Å²) in [6.45, 7) is 0.458. The zero-order valence-corrected chi connectivity index (χ0v) is 8.95. The van der Waals surface area contributed by atoms with Crippen LogP contribution in [0.1, 0.15) is 5.56 Å². The standard InChI is InChI=1S/C12H9N4O/c1-2-4-9(5-3-1)6-17-12-10-11(14-7-13-10)15-8-16-12/h1-5,7-8H,6H2. The van der Waals surface area contributed by atoms with Gasteiger partial charge in [0.25, 0.3) is 0 Å². The third-order valence-electron chi connectivity index (χ3n) is 2.35. The second kappa shape index (κ2) is 4.21. The molecule has 5 nitrogen and oxygen atoms in total. The van der Waals surface area contributed by atoms with Crippen molar-refractivity contribution in [2.24, 2.45) is 4.99 Å². The molecular weight excluding hydrogens is 216 g/mol. The molecule has 2 aromatic rings. The largest absolute Gasteiger partial charge is 0.471 e. The molecule has 2 heterocycles. The van der Waals surface area contributed by atoms with Gasteiger partial charge in [-0.3, -0.25) is 0 Å². The Balaban J connectivity index is 1.78. The fourth-order valence-corrected chi connectivity index (χ4v) is 1.53. The quantitative estimate of drug-likeness (QED) is 0.802. The Morgan fingerprint density at radius 1 is 1.06 bits per heavy atom. The first-order valence-electron chi connectivity index (χ1n) is 5.18. The predicted octanol–water partition coefficient (Wildman–Crippen LogP) is 1.96. The van der Waals surface area contributed by atoms with E-state index in [4.69, 9.17) is 4.74 Å². The van der Waals surface area contributed by atoms with E-state index >= 15 is 0 Å². The van der Waals surface area contributed by atoms with Gasteiger partial charge < -0.3 is 4.74 Å². The van der Waals surface area contributed by atoms with Crippen LogP contribution in [0.2, 0.25) is 0 Å². The first-order chi connectivity index (χ1) is 8.43. The van der Waals surface area contributed by atoms with Gasteiger partial charge in [0, 0.05) is 0 Å². The first kappa shape index (κ1) is 9.77. The van der Waals surface area contributed by atoms with Crippen molar-refractivity contribution in [3.05, 3.63) is 42.2 Å². The van der Waals surface area contributed by atoms with E-state index in [0.29, 0.717) is 24.0 Å². The Kier molecular flexibility index (Phi) is 2.42. The van der Waals surface area contributed by atoms with Crippen molar-refractivity contribution in [3.63, 3.8) is 0 Å². The number of rotatable bonds is 3. The van der Waals surface area contributed by atoms with Crippen molar-refractivity contribution < 1.29 is 4.74 Å². The number of ether oxygens (including phenoxy) is 1. The molecule has 0 amide bonds. The summed E-state index contributed by atoms with van der Waals surface area (Å²) >= 11 is 0. The lowest BCUT2D eigenvalue weighted by molar-refractivity contribution is 0.295. The minimum Gasteiger partial charge on any atom is -0.471 e. The lowest BCUT2D eigenvalue weighted by Crippen LogP contribution is -1.98. The molecule has 1 aromatic heterocycles. The summed E-state index contributed by atoms with van der Waals surface area (Å²) in [7, 11) is 0. The number of nitrogens with zero attached hydrogens (tertiary/aromatic N) is 4. The second-order valence-corrected chi connectivity index (χ2v) is 3.50. The van der Waals surface area contributed by atoms with Crippen molar-refractivity contribution in [1.82, 2.24) is 15.3 Å². The van der Waals surface area contributed by atoms with Gasteiger partial charge in [0.05, 0.1) is 0 Å². The Hall–Kier alpha value is -2.43. The summed E-state index contributed by atoms with van der Waals surface area (Å²) in [5.74, 6) is 1.03. The summed E-state index contributed by atoms with van der Waals surface area (Å²) < 4.78 is 5.61. The van der Waals surface area contributed by atoms with Crippen molar-refractivity contribution >= 4 is 17.8 Å². The minimum absolute atomic E-state index is 0.458. The number of aromatic nitrogens is 2. The normalized spacial score (nSPS) is 12.0. The van der Waals surface area contributed by atoms with Crippen LogP contribution in [0.15, 0.2) is 41.7 Å². The maximum atomic E-state index is 5.61. The monoisotopic (exact) mass is 225 g/mol. The molecule has 5 heteroatoms. The van der Waals surface area contributed by atoms with Gasteiger partial charge in [-0.2, -0.15) is 4.98 Å². The van der Waals surface area contributed by atoms with Gasteiger partial charge in [0.15, 0.2) is 11.5 Å². The third kappa shape index (κ3) is 1.94. The van der Waals surface area contributed by atoms with Crippen LogP contribution in [0.3, 0.4) is 0 Å². The SMILES string of the molecule is C1=Nc2c(ncnc2OCc2ccccc2)[N]1. The molecule has 0 saturated carbocycles. The lowest BCUT2D eigenvalue weighted by Gasteiger charge is -2.06. The molecular formula is C12H9N4O. The van der Waals surface area contributed by atoms with Crippen LogP contribution in [0.4, 0.5) is 11.5 Å². The number of hydrogen-bond donors (Lipinski definition) is 0. The highest BCUT2D eigenvalue weighted by Crippen LogP contribution is 2.34. The zero-order chi connectivity index (χ0) is 11.5. The lowest BCUT2D eigenvalue weighted by atomic mass is 10.2. The van der Waals surface area contributed by atoms with E-state index in [0.717, 1.165) is 5.56 Å². The summed E-state index contributed by atoms with van der Waals surface area (Å²) in [6.07, 6.45) is 2.88. The van der Waals surface area contributed by atoms with Crippen LogP contribution in [-0.4, -0.2) is 16.3 Å². The molecule has 0 unspecified atom stereocenters. The predicted molar refractivity (Wildman–Crippen MR) is 62.8 cm³/mol. The van der Waals surface area contributed by atoms with Crippen LogP contribution in [0.25, 0.3) is 0 Å². The van der Waals surface area contributed by atoms with Crippen molar-refractivity contribution in [2.45, 2.75) is 6.61 Å². The highest BCUT2D eigenvalue weighted by Gasteiger charge is 2.16. The Bertz CT molecular complexity index is 554. The molecule has 1 aliphatic heterocycles. The molecule has 0 fully saturated rings. The van der Waals surface area contributed by atoms with Crippen molar-refractivity contribution in [1.29, 1.82) is 0 Å². The summed E-state index contributed by atoms with van der Waals surface area (Å²) in [4.78, 5) is 12.1. The van der Waals surface area contributed by atoms with E-state index in [1.807, 2.05) is 30.3 Å². The molecule has 1 aromatic carbocycles. The molecule has 0 N–H and O–H groups in total. The minimum atomic E-state index is 0.458. The molecule has 1 aliphatic rings. The number of benzene rings is 1. The van der Waals surface area contributed by atoms with E-state index in [1.54, 1.807) is 0 Å². The first-order valence-corrected chi connectivity index (χ1v) is 5.18. The molecule has 3 rings (SSSR count). The van der Waals surface area contributed by atoms with Crippen LogP contribution in [0.5, 0.6) is 5.88 Å². The van der Waals surface area contributed by atoms with Crippen LogP contribution < -0.4 is 10.1 Å². The average Bonchev–Trinajstić information content (AvgIpc) is 2.86. The average molecular weight is 225 g/mol. The molecule has 0 atom stereocenters. The Morgan fingerprint density at radius 2 is 1.94 bits per heavy atom. The topological polar surface area (TPSA) is 61.5 Å². The molecule has 0 spiro atoms. The fourth-order valence-electron chi connectivity index (χ4n) is 1.53. The van der Waals surface area contributed by atoms with Crippen LogP contribution >= 0.6 is 0 Å². The third-order valence-corrected chi connectivity index (χ3v) is 2.35. The van der Waals surface area contributed by atoms with Gasteiger partial charge in [-0.15, -0.1) is 0 Å². The summed E-state index contributed by atoms with van der Waals surface area (Å²) in [5.41, 5.74) is 1.68. The van der Waals surface area contributed by atoms with Gasteiger partial charge in [-0.25, -0.2) is 15.3 Å². The number of fused-ring (bicyclic) bond motifs is 1. The molecule has 0 saturated heterocycles. The van der Waals surface area contributed by atoms with E-state index < -0.39 is 0 Å². The highest BCUT2D eigenvalue weighted by molar-refractivity contribution is 5.81. The fraction of sp³-hybridized carbons (Fsp3) is 0.0833. The number of aliphatic imine (C=N–C) groups is 1.